The summed E-state index contributed by atoms with van der Waals surface area (Å²) < 4.78 is 27.6. The van der Waals surface area contributed by atoms with Crippen LogP contribution < -0.4 is 15.4 Å². The van der Waals surface area contributed by atoms with E-state index in [1.54, 1.807) is 11.2 Å². The molecule has 0 aliphatic carbocycles. The van der Waals surface area contributed by atoms with Gasteiger partial charge in [0, 0.05) is 39.3 Å². The average molecular weight is 362 g/mol. The zero-order valence-electron chi connectivity index (χ0n) is 13.9. The van der Waals surface area contributed by atoms with Gasteiger partial charge in [-0.15, -0.1) is 0 Å². The fraction of sp³-hybridized carbons (Fsp3) is 0.400. The van der Waals surface area contributed by atoms with Gasteiger partial charge < -0.3 is 14.4 Å². The van der Waals surface area contributed by atoms with Crippen LogP contribution in [0.3, 0.4) is 0 Å². The van der Waals surface area contributed by atoms with Gasteiger partial charge in [0.25, 0.3) is 12.0 Å². The lowest BCUT2D eigenvalue weighted by molar-refractivity contribution is 0.146. The average Bonchev–Trinajstić information content (AvgIpc) is 3.03. The Kier molecular flexibility index (Phi) is 3.98. The van der Waals surface area contributed by atoms with Crippen molar-refractivity contribution in [3.63, 3.8) is 0 Å². The predicted molar refractivity (Wildman–Crippen MR) is 90.5 cm³/mol. The monoisotopic (exact) mass is 362 g/mol. The quantitative estimate of drug-likeness (QED) is 0.733. The van der Waals surface area contributed by atoms with E-state index in [-0.39, 0.29) is 5.95 Å². The molecule has 1 fully saturated rings. The van der Waals surface area contributed by atoms with Crippen LogP contribution >= 0.6 is 0 Å². The number of rotatable bonds is 3. The van der Waals surface area contributed by atoms with Gasteiger partial charge in [0.1, 0.15) is 17.5 Å². The Morgan fingerprint density at radius 2 is 1.85 bits per heavy atom. The van der Waals surface area contributed by atoms with Crippen LogP contribution in [0.4, 0.5) is 20.5 Å². The number of aryl methyl sites for hydroxylation is 1. The first kappa shape index (κ1) is 16.4. The smallest absolute Gasteiger partial charge is 0.280 e. The second-order valence-corrected chi connectivity index (χ2v) is 5.99. The van der Waals surface area contributed by atoms with Gasteiger partial charge in [-0.3, -0.25) is 9.78 Å². The minimum Gasteiger partial charge on any atom is -0.351 e. The zero-order valence-corrected chi connectivity index (χ0v) is 13.9. The number of piperazine rings is 1. The fourth-order valence-electron chi connectivity index (χ4n) is 3.06. The molecule has 9 nitrogen and oxygen atoms in total. The Morgan fingerprint density at radius 1 is 1.12 bits per heavy atom. The number of hydrogen-bond acceptors (Lipinski definition) is 7. The molecule has 0 amide bonds. The van der Waals surface area contributed by atoms with Crippen LogP contribution in [-0.2, 0) is 7.05 Å². The van der Waals surface area contributed by atoms with Crippen molar-refractivity contribution in [2.24, 2.45) is 7.05 Å². The molecule has 26 heavy (non-hydrogen) atoms. The number of fused-ring (bicyclic) bond motifs is 1. The number of aromatic amines is 1. The molecule has 136 valence electrons. The number of aromatic nitrogens is 6. The number of nitrogens with zero attached hydrogens (tertiary/aromatic N) is 7. The first-order chi connectivity index (χ1) is 12.5. The topological polar surface area (TPSA) is 95.8 Å². The van der Waals surface area contributed by atoms with E-state index in [9.17, 15) is 13.6 Å². The molecular weight excluding hydrogens is 346 g/mol. The summed E-state index contributed by atoms with van der Waals surface area (Å²) in [5, 5.41) is 0. The molecule has 0 radical (unpaired) electrons. The Labute approximate surface area is 146 Å². The summed E-state index contributed by atoms with van der Waals surface area (Å²) in [6, 6.07) is 0.824. The molecule has 1 aliphatic rings. The largest absolute Gasteiger partial charge is 0.351 e. The maximum absolute atomic E-state index is 12.9. The van der Waals surface area contributed by atoms with Gasteiger partial charge in [-0.2, -0.15) is 0 Å². The van der Waals surface area contributed by atoms with Crippen LogP contribution in [-0.4, -0.2) is 55.7 Å². The third kappa shape index (κ3) is 2.85. The van der Waals surface area contributed by atoms with Crippen molar-refractivity contribution in [3.8, 4) is 0 Å². The van der Waals surface area contributed by atoms with Crippen molar-refractivity contribution in [3.05, 3.63) is 34.8 Å². The van der Waals surface area contributed by atoms with Crippen LogP contribution in [0.2, 0.25) is 0 Å². The zero-order chi connectivity index (χ0) is 18.3. The van der Waals surface area contributed by atoms with E-state index >= 15 is 0 Å². The Bertz CT molecular complexity index is 993. The van der Waals surface area contributed by atoms with Crippen molar-refractivity contribution in [2.75, 3.05) is 36.0 Å². The number of nitrogens with one attached hydrogen (secondary N) is 1. The van der Waals surface area contributed by atoms with Gasteiger partial charge in [0.2, 0.25) is 5.95 Å². The SMILES string of the molecule is Cn1cnc2ncnc(N3CCN(c4nc(C(F)F)cc(=O)[nH]4)CC3)c21. The molecule has 11 heteroatoms. The van der Waals surface area contributed by atoms with Gasteiger partial charge >= 0.3 is 0 Å². The highest BCUT2D eigenvalue weighted by molar-refractivity contribution is 5.83. The molecule has 0 bridgehead atoms. The minimum absolute atomic E-state index is 0.167. The molecule has 1 saturated heterocycles. The summed E-state index contributed by atoms with van der Waals surface area (Å²) in [4.78, 5) is 34.6. The number of halogens is 2. The van der Waals surface area contributed by atoms with E-state index in [4.69, 9.17) is 0 Å². The summed E-state index contributed by atoms with van der Waals surface area (Å²) in [7, 11) is 1.88. The Balaban J connectivity index is 1.56. The van der Waals surface area contributed by atoms with Crippen molar-refractivity contribution in [1.82, 2.24) is 29.5 Å². The highest BCUT2D eigenvalue weighted by Crippen LogP contribution is 2.24. The van der Waals surface area contributed by atoms with Crippen molar-refractivity contribution >= 4 is 22.9 Å². The van der Waals surface area contributed by atoms with Crippen LogP contribution in [0.1, 0.15) is 12.1 Å². The van der Waals surface area contributed by atoms with Crippen LogP contribution in [0.5, 0.6) is 0 Å². The van der Waals surface area contributed by atoms with Crippen LogP contribution in [0.15, 0.2) is 23.5 Å². The molecule has 0 saturated carbocycles. The molecular formula is C15H16F2N8O. The molecule has 4 heterocycles. The molecule has 0 unspecified atom stereocenters. The third-order valence-corrected chi connectivity index (χ3v) is 4.34. The Hall–Kier alpha value is -3.11. The first-order valence-corrected chi connectivity index (χ1v) is 8.04. The molecule has 0 spiro atoms. The number of anilines is 2. The summed E-state index contributed by atoms with van der Waals surface area (Å²) in [5.74, 6) is 0.943. The lowest BCUT2D eigenvalue weighted by Gasteiger charge is -2.35. The summed E-state index contributed by atoms with van der Waals surface area (Å²) in [5.41, 5.74) is 0.362. The minimum atomic E-state index is -2.78. The number of H-pyrrole nitrogens is 1. The van der Waals surface area contributed by atoms with Gasteiger partial charge in [-0.05, 0) is 0 Å². The molecule has 3 aromatic heterocycles. The second-order valence-electron chi connectivity index (χ2n) is 5.99. The van der Waals surface area contributed by atoms with Gasteiger partial charge in [0.15, 0.2) is 11.5 Å². The van der Waals surface area contributed by atoms with Crippen LogP contribution in [0.25, 0.3) is 11.2 Å². The highest BCUT2D eigenvalue weighted by atomic mass is 19.3. The third-order valence-electron chi connectivity index (χ3n) is 4.34. The van der Waals surface area contributed by atoms with E-state index in [1.165, 1.54) is 6.33 Å². The predicted octanol–water partition coefficient (Wildman–Crippen LogP) is 0.711. The summed E-state index contributed by atoms with van der Waals surface area (Å²) in [6.07, 6.45) is 0.377. The van der Waals surface area contributed by atoms with E-state index in [2.05, 4.69) is 29.8 Å². The highest BCUT2D eigenvalue weighted by Gasteiger charge is 2.23. The molecule has 4 rings (SSSR count). The maximum atomic E-state index is 12.9. The summed E-state index contributed by atoms with van der Waals surface area (Å²) >= 11 is 0. The Morgan fingerprint density at radius 3 is 2.58 bits per heavy atom. The maximum Gasteiger partial charge on any atom is 0.280 e. The second kappa shape index (κ2) is 6.32. The summed E-state index contributed by atoms with van der Waals surface area (Å²) in [6.45, 7) is 2.22. The van der Waals surface area contributed by atoms with Crippen LogP contribution in [0, 0.1) is 0 Å². The molecule has 3 aromatic rings. The van der Waals surface area contributed by atoms with Crippen molar-refractivity contribution in [2.45, 2.75) is 6.43 Å². The van der Waals surface area contributed by atoms with E-state index in [1.807, 2.05) is 11.6 Å². The lowest BCUT2D eigenvalue weighted by atomic mass is 10.3. The first-order valence-electron chi connectivity index (χ1n) is 8.04. The molecule has 0 aromatic carbocycles. The molecule has 0 atom stereocenters. The number of imidazole rings is 1. The van der Waals surface area contributed by atoms with Gasteiger partial charge in [-0.25, -0.2) is 28.7 Å². The number of hydrogen-bond donors (Lipinski definition) is 1. The van der Waals surface area contributed by atoms with E-state index in [0.29, 0.717) is 31.8 Å². The van der Waals surface area contributed by atoms with Gasteiger partial charge in [-0.1, -0.05) is 0 Å². The van der Waals surface area contributed by atoms with E-state index in [0.717, 1.165) is 17.4 Å². The normalized spacial score (nSPS) is 15.2. The molecule has 1 aliphatic heterocycles. The lowest BCUT2D eigenvalue weighted by Crippen LogP contribution is -2.48. The molecule has 1 N–H and O–H groups in total. The number of alkyl halides is 2. The fourth-order valence-corrected chi connectivity index (χ4v) is 3.06. The standard InChI is InChI=1S/C15H16F2N8O/c1-23-8-20-13-11(23)14(19-7-18-13)24-2-4-25(5-3-24)15-21-9(12(16)17)6-10(26)22-15/h6-8,12H,2-5H2,1H3,(H,21,22,26). The van der Waals surface area contributed by atoms with Gasteiger partial charge in [0.05, 0.1) is 6.33 Å². The van der Waals surface area contributed by atoms with E-state index < -0.39 is 17.7 Å². The van der Waals surface area contributed by atoms with Crippen molar-refractivity contribution < 1.29 is 8.78 Å². The van der Waals surface area contributed by atoms with Crippen molar-refractivity contribution in [1.29, 1.82) is 0 Å².